The number of rotatable bonds is 6. The van der Waals surface area contributed by atoms with Crippen molar-refractivity contribution in [3.63, 3.8) is 0 Å². The van der Waals surface area contributed by atoms with E-state index >= 15 is 0 Å². The minimum Gasteiger partial charge on any atom is -0.497 e. The molecule has 0 radical (unpaired) electrons. The number of hydrogen-bond donors (Lipinski definition) is 1. The average Bonchev–Trinajstić information content (AvgIpc) is 3.52. The summed E-state index contributed by atoms with van der Waals surface area (Å²) in [6, 6.07) is 21.7. The molecule has 5 rings (SSSR count). The van der Waals surface area contributed by atoms with E-state index in [4.69, 9.17) is 4.74 Å². The Hall–Kier alpha value is -3.54. The van der Waals surface area contributed by atoms with Crippen molar-refractivity contribution < 1.29 is 14.3 Å². The van der Waals surface area contributed by atoms with Gasteiger partial charge in [0.1, 0.15) is 17.0 Å². The van der Waals surface area contributed by atoms with Crippen LogP contribution in [0.1, 0.15) is 48.7 Å². The van der Waals surface area contributed by atoms with Gasteiger partial charge in [0.05, 0.1) is 13.7 Å². The lowest BCUT2D eigenvalue weighted by atomic mass is 9.93. The molecule has 2 aromatic carbocycles. The number of ether oxygens (including phenoxy) is 1. The molecule has 0 saturated heterocycles. The topological polar surface area (TPSA) is 63.6 Å². The van der Waals surface area contributed by atoms with E-state index in [1.165, 1.54) is 0 Å². The van der Waals surface area contributed by atoms with Crippen LogP contribution in [0.4, 0.5) is 0 Å². The Morgan fingerprint density at radius 1 is 1.00 bits per heavy atom. The zero-order valence-corrected chi connectivity index (χ0v) is 19.8. The number of carbonyl (C=O) groups is 2. The first-order chi connectivity index (χ1) is 16.5. The van der Waals surface area contributed by atoms with E-state index in [9.17, 15) is 9.59 Å². The van der Waals surface area contributed by atoms with Gasteiger partial charge in [0.2, 0.25) is 5.91 Å². The maximum absolute atomic E-state index is 13.8. The summed E-state index contributed by atoms with van der Waals surface area (Å²) in [5, 5.41) is 3.26. The van der Waals surface area contributed by atoms with Gasteiger partial charge in [-0.2, -0.15) is 0 Å². The highest BCUT2D eigenvalue weighted by Gasteiger charge is 2.48. The summed E-state index contributed by atoms with van der Waals surface area (Å²) in [6.07, 6.45) is 4.27. The van der Waals surface area contributed by atoms with E-state index in [0.29, 0.717) is 18.8 Å². The van der Waals surface area contributed by atoms with E-state index in [0.717, 1.165) is 48.3 Å². The zero-order chi connectivity index (χ0) is 23.7. The van der Waals surface area contributed by atoms with Crippen molar-refractivity contribution >= 4 is 11.8 Å². The minimum absolute atomic E-state index is 0.0837. The molecule has 1 aliphatic heterocycles. The molecule has 1 aromatic heterocycles. The number of carbonyl (C=O) groups excluding carboxylic acids is 2. The molecule has 1 aliphatic carbocycles. The van der Waals surface area contributed by atoms with Crippen LogP contribution in [0.3, 0.4) is 0 Å². The molecule has 6 nitrogen and oxygen atoms in total. The fourth-order valence-corrected chi connectivity index (χ4v) is 5.21. The number of hydrogen-bond acceptors (Lipinski definition) is 3. The van der Waals surface area contributed by atoms with Crippen molar-refractivity contribution in [2.45, 2.75) is 57.3 Å². The molecule has 0 bridgehead atoms. The number of aromatic nitrogens is 1. The first kappa shape index (κ1) is 22.3. The first-order valence-electron chi connectivity index (χ1n) is 12.0. The second-order valence-corrected chi connectivity index (χ2v) is 9.52. The van der Waals surface area contributed by atoms with Gasteiger partial charge in [-0.3, -0.25) is 9.59 Å². The molecule has 1 atom stereocenters. The van der Waals surface area contributed by atoms with Crippen molar-refractivity contribution in [1.82, 2.24) is 14.8 Å². The Balaban J connectivity index is 1.53. The highest BCUT2D eigenvalue weighted by molar-refractivity contribution is 6.00. The molecule has 6 heteroatoms. The summed E-state index contributed by atoms with van der Waals surface area (Å²) >= 11 is 0. The summed E-state index contributed by atoms with van der Waals surface area (Å²) in [6.45, 7) is 2.65. The van der Waals surface area contributed by atoms with Gasteiger partial charge in [-0.1, -0.05) is 55.3 Å². The largest absolute Gasteiger partial charge is 0.497 e. The molecule has 0 spiro atoms. The molecule has 1 saturated carbocycles. The molecule has 1 fully saturated rings. The standard InChI is InChI=1S/C28H31N3O3/c1-28(27(33)29-22-10-6-7-11-22)19-30-24(21-8-4-3-5-9-21)16-17-25(30)26(32)31(28)18-20-12-14-23(34-2)15-13-20/h3-5,8-9,12-17,22H,6-7,10-11,18-19H2,1-2H3,(H,29,33)/t28-/m1/s1. The fourth-order valence-electron chi connectivity index (χ4n) is 5.21. The summed E-state index contributed by atoms with van der Waals surface area (Å²) in [7, 11) is 1.63. The third-order valence-corrected chi connectivity index (χ3v) is 7.26. The van der Waals surface area contributed by atoms with Gasteiger partial charge in [-0.15, -0.1) is 0 Å². The lowest BCUT2D eigenvalue weighted by Gasteiger charge is -2.45. The molecular weight excluding hydrogens is 426 g/mol. The molecule has 176 valence electrons. The van der Waals surface area contributed by atoms with Gasteiger partial charge < -0.3 is 19.5 Å². The molecule has 34 heavy (non-hydrogen) atoms. The maximum Gasteiger partial charge on any atom is 0.271 e. The molecule has 1 N–H and O–H groups in total. The van der Waals surface area contributed by atoms with Gasteiger partial charge in [0.15, 0.2) is 0 Å². The maximum atomic E-state index is 13.8. The van der Waals surface area contributed by atoms with Crippen LogP contribution in [0.2, 0.25) is 0 Å². The number of nitrogens with one attached hydrogen (secondary N) is 1. The van der Waals surface area contributed by atoms with Crippen LogP contribution in [-0.2, 0) is 17.9 Å². The summed E-state index contributed by atoms with van der Waals surface area (Å²) < 4.78 is 7.29. The highest BCUT2D eigenvalue weighted by atomic mass is 16.5. The number of methoxy groups -OCH3 is 1. The van der Waals surface area contributed by atoms with Crippen LogP contribution in [0.15, 0.2) is 66.7 Å². The van der Waals surface area contributed by atoms with Gasteiger partial charge in [-0.25, -0.2) is 0 Å². The normalized spacial score (nSPS) is 20.3. The van der Waals surface area contributed by atoms with E-state index in [1.54, 1.807) is 12.0 Å². The van der Waals surface area contributed by atoms with E-state index in [-0.39, 0.29) is 17.9 Å². The van der Waals surface area contributed by atoms with E-state index in [1.807, 2.05) is 78.2 Å². The number of nitrogens with zero attached hydrogens (tertiary/aromatic N) is 2. The van der Waals surface area contributed by atoms with Crippen molar-refractivity contribution in [3.05, 3.63) is 78.0 Å². The lowest BCUT2D eigenvalue weighted by Crippen LogP contribution is -2.64. The molecule has 2 aliphatic rings. The van der Waals surface area contributed by atoms with Gasteiger partial charge in [0.25, 0.3) is 5.91 Å². The lowest BCUT2D eigenvalue weighted by molar-refractivity contribution is -0.133. The van der Waals surface area contributed by atoms with Crippen LogP contribution in [0.5, 0.6) is 5.75 Å². The Labute approximate surface area is 200 Å². The predicted octanol–water partition coefficient (Wildman–Crippen LogP) is 4.64. The first-order valence-corrected chi connectivity index (χ1v) is 12.0. The average molecular weight is 458 g/mol. The summed E-state index contributed by atoms with van der Waals surface area (Å²) in [5.74, 6) is 0.546. The Bertz CT molecular complexity index is 1180. The van der Waals surface area contributed by atoms with Gasteiger partial charge in [-0.05, 0) is 55.2 Å². The summed E-state index contributed by atoms with van der Waals surface area (Å²) in [4.78, 5) is 29.3. The number of benzene rings is 2. The van der Waals surface area contributed by atoms with Crippen LogP contribution >= 0.6 is 0 Å². The number of fused-ring (bicyclic) bond motifs is 1. The second kappa shape index (κ2) is 9.01. The molecule has 2 amide bonds. The minimum atomic E-state index is -1.02. The SMILES string of the molecule is COc1ccc(CN2C(=O)c3ccc(-c4ccccc4)n3C[C@]2(C)C(=O)NC2CCCC2)cc1. The monoisotopic (exact) mass is 457 g/mol. The Morgan fingerprint density at radius 3 is 2.35 bits per heavy atom. The van der Waals surface area contributed by atoms with Crippen molar-refractivity contribution in [3.8, 4) is 17.0 Å². The highest BCUT2D eigenvalue weighted by Crippen LogP contribution is 2.34. The van der Waals surface area contributed by atoms with Crippen molar-refractivity contribution in [2.75, 3.05) is 7.11 Å². The third kappa shape index (κ3) is 3.98. The van der Waals surface area contributed by atoms with Crippen LogP contribution in [0, 0.1) is 0 Å². The van der Waals surface area contributed by atoms with Crippen LogP contribution < -0.4 is 10.1 Å². The molecule has 0 unspecified atom stereocenters. The molecule has 2 heterocycles. The molecular formula is C28H31N3O3. The predicted molar refractivity (Wildman–Crippen MR) is 132 cm³/mol. The number of amides is 2. The van der Waals surface area contributed by atoms with Crippen molar-refractivity contribution in [2.24, 2.45) is 0 Å². The van der Waals surface area contributed by atoms with Crippen LogP contribution in [0.25, 0.3) is 11.3 Å². The Kier molecular flexibility index (Phi) is 5.90. The van der Waals surface area contributed by atoms with Gasteiger partial charge >= 0.3 is 0 Å². The smallest absolute Gasteiger partial charge is 0.271 e. The second-order valence-electron chi connectivity index (χ2n) is 9.52. The van der Waals surface area contributed by atoms with E-state index in [2.05, 4.69) is 5.32 Å². The molecule has 3 aromatic rings. The Morgan fingerprint density at radius 2 is 1.68 bits per heavy atom. The van der Waals surface area contributed by atoms with Gasteiger partial charge in [0, 0.05) is 18.3 Å². The van der Waals surface area contributed by atoms with Crippen LogP contribution in [-0.4, -0.2) is 40.0 Å². The fraction of sp³-hybridized carbons (Fsp3) is 0.357. The third-order valence-electron chi connectivity index (χ3n) is 7.26. The van der Waals surface area contributed by atoms with Crippen molar-refractivity contribution in [1.29, 1.82) is 0 Å². The summed E-state index contributed by atoms with van der Waals surface area (Å²) in [5.41, 5.74) is 2.53. The van der Waals surface area contributed by atoms with E-state index < -0.39 is 5.54 Å². The zero-order valence-electron chi connectivity index (χ0n) is 19.8. The quantitative estimate of drug-likeness (QED) is 0.587.